The first-order valence-electron chi connectivity index (χ1n) is 23.0. The van der Waals surface area contributed by atoms with Gasteiger partial charge in [-0.2, -0.15) is 0 Å². The highest BCUT2D eigenvalue weighted by atomic mass is 16.8. The van der Waals surface area contributed by atoms with Crippen LogP contribution in [0.15, 0.2) is 206 Å². The fraction of sp³-hybridized carbons (Fsp3) is 0.193. The minimum absolute atomic E-state index is 0.0975. The van der Waals surface area contributed by atoms with E-state index in [9.17, 15) is 28.8 Å². The molecule has 1 saturated heterocycles. The molecular weight excluding hydrogens is 925 g/mol. The number of carbonyl (C=O) groups is 6. The molecule has 0 amide bonds. The van der Waals surface area contributed by atoms with Gasteiger partial charge in [0.1, 0.15) is 25.4 Å². The minimum atomic E-state index is -1.76. The number of fused-ring (bicyclic) bond motifs is 1. The highest BCUT2D eigenvalue weighted by molar-refractivity contribution is 5.92. The average Bonchev–Trinajstić information content (AvgIpc) is 3.79. The van der Waals surface area contributed by atoms with Crippen LogP contribution in [0.3, 0.4) is 0 Å². The molecule has 6 aromatic rings. The highest BCUT2D eigenvalue weighted by Gasteiger charge is 2.56. The topological polar surface area (TPSA) is 185 Å². The van der Waals surface area contributed by atoms with Crippen molar-refractivity contribution in [1.29, 1.82) is 0 Å². The van der Waals surface area contributed by atoms with Crippen molar-refractivity contribution in [3.05, 3.63) is 239 Å². The summed E-state index contributed by atoms with van der Waals surface area (Å²) < 4.78 is 56.0. The van der Waals surface area contributed by atoms with E-state index in [1.54, 1.807) is 158 Å². The van der Waals surface area contributed by atoms with Crippen molar-refractivity contribution >= 4 is 35.8 Å². The van der Waals surface area contributed by atoms with Crippen LogP contribution in [0.25, 0.3) is 0 Å². The zero-order valence-corrected chi connectivity index (χ0v) is 38.3. The molecule has 1 fully saturated rings. The van der Waals surface area contributed by atoms with Crippen LogP contribution < -0.4 is 0 Å². The molecule has 3 aliphatic rings. The van der Waals surface area contributed by atoms with Crippen LogP contribution in [0.1, 0.15) is 62.1 Å². The third-order valence-corrected chi connectivity index (χ3v) is 12.0. The smallest absolute Gasteiger partial charge is 0.338 e. The molecule has 0 bridgehead atoms. The van der Waals surface area contributed by atoms with E-state index in [2.05, 4.69) is 0 Å². The zero-order chi connectivity index (χ0) is 49.8. The largest absolute Gasteiger partial charge is 0.472 e. The molecule has 0 aromatic heterocycles. The number of carbonyl (C=O) groups excluding carboxylic acids is 6. The van der Waals surface area contributed by atoms with Crippen LogP contribution in [0.2, 0.25) is 0 Å². The van der Waals surface area contributed by atoms with Gasteiger partial charge in [0.2, 0.25) is 12.6 Å². The van der Waals surface area contributed by atoms with E-state index >= 15 is 0 Å². The molecule has 6 aromatic carbocycles. The van der Waals surface area contributed by atoms with Crippen LogP contribution >= 0.6 is 0 Å². The Kier molecular flexibility index (Phi) is 15.3. The van der Waals surface area contributed by atoms with Gasteiger partial charge in [-0.15, -0.1) is 0 Å². The molecule has 15 heteroatoms. The fourth-order valence-electron chi connectivity index (χ4n) is 8.48. The van der Waals surface area contributed by atoms with Gasteiger partial charge in [0, 0.05) is 5.92 Å². The normalized spacial score (nSPS) is 22.9. The monoisotopic (exact) mass is 970 g/mol. The highest BCUT2D eigenvalue weighted by Crippen LogP contribution is 2.43. The number of ether oxygens (including phenoxy) is 9. The van der Waals surface area contributed by atoms with Crippen molar-refractivity contribution in [3.63, 3.8) is 0 Å². The Morgan fingerprint density at radius 1 is 0.417 bits per heavy atom. The Bertz CT molecular complexity index is 2900. The first kappa shape index (κ1) is 48.4. The van der Waals surface area contributed by atoms with Gasteiger partial charge >= 0.3 is 35.8 Å². The predicted molar refractivity (Wildman–Crippen MR) is 255 cm³/mol. The Balaban J connectivity index is 1.10. The quantitative estimate of drug-likeness (QED) is 0.0511. The summed E-state index contributed by atoms with van der Waals surface area (Å²) in [5.74, 6) is -6.22. The molecular formula is C57H46O15. The molecule has 0 radical (unpaired) electrons. The first-order valence-corrected chi connectivity index (χ1v) is 23.0. The molecule has 2 aliphatic heterocycles. The predicted octanol–water partition coefficient (Wildman–Crippen LogP) is 8.39. The Morgan fingerprint density at radius 2 is 0.806 bits per heavy atom. The third-order valence-electron chi connectivity index (χ3n) is 12.0. The van der Waals surface area contributed by atoms with Gasteiger partial charge in [-0.3, -0.25) is 0 Å². The van der Waals surface area contributed by atoms with Crippen LogP contribution in [0.5, 0.6) is 0 Å². The van der Waals surface area contributed by atoms with Crippen LogP contribution in [-0.4, -0.2) is 92.1 Å². The second-order valence-electron chi connectivity index (χ2n) is 16.7. The maximum absolute atomic E-state index is 14.2. The molecule has 364 valence electrons. The number of benzene rings is 6. The summed E-state index contributed by atoms with van der Waals surface area (Å²) in [6.45, 7) is -0.898. The second-order valence-corrected chi connectivity index (χ2v) is 16.7. The standard InChI is InChI=1S/C57H46O15/c58-50(36-19-7-1-8-20-36)65-34-42-33-44(67-52(60)38-23-11-3-12-24-38)43-31-32-64-56(46(42)43)72-57-49(71-55(63)41-29-17-6-18-30-41)48(70-54(62)40-27-15-5-16-28-40)47(69-53(61)39-25-13-4-14-26-39)45(68-57)35-66-51(59)37-21-9-2-10-22-37/h1-33,43-49,56-57H,34-35H2. The molecule has 2 heterocycles. The van der Waals surface area contributed by atoms with E-state index in [0.29, 0.717) is 16.7 Å². The third kappa shape index (κ3) is 11.5. The van der Waals surface area contributed by atoms with E-state index in [1.165, 1.54) is 42.7 Å². The maximum Gasteiger partial charge on any atom is 0.338 e. The molecule has 0 N–H and O–H groups in total. The summed E-state index contributed by atoms with van der Waals surface area (Å²) in [4.78, 5) is 82.9. The van der Waals surface area contributed by atoms with E-state index in [0.717, 1.165) is 0 Å². The second kappa shape index (κ2) is 22.8. The van der Waals surface area contributed by atoms with Gasteiger partial charge in [-0.25, -0.2) is 28.8 Å². The summed E-state index contributed by atoms with van der Waals surface area (Å²) in [7, 11) is 0. The van der Waals surface area contributed by atoms with E-state index in [1.807, 2.05) is 0 Å². The van der Waals surface area contributed by atoms with Gasteiger partial charge in [0.25, 0.3) is 0 Å². The Morgan fingerprint density at radius 3 is 1.26 bits per heavy atom. The molecule has 9 atom stereocenters. The van der Waals surface area contributed by atoms with Crippen molar-refractivity contribution in [2.75, 3.05) is 13.2 Å². The van der Waals surface area contributed by atoms with Crippen LogP contribution in [0.4, 0.5) is 0 Å². The minimum Gasteiger partial charge on any atom is -0.472 e. The SMILES string of the molecule is O=C(OCC1=CC(OC(=O)c2ccccc2)C2C=COC(OC3OC(COC(=O)c4ccccc4)C(OC(=O)c4ccccc4)C(OC(=O)c4ccccc4)C3OC(=O)c3ccccc3)C12)c1ccccc1. The first-order chi connectivity index (χ1) is 35.2. The summed E-state index contributed by atoms with van der Waals surface area (Å²) in [6.07, 6.45) is -5.95. The van der Waals surface area contributed by atoms with Crippen LogP contribution in [0, 0.1) is 11.8 Å². The Labute approximate surface area is 413 Å². The van der Waals surface area contributed by atoms with Crippen molar-refractivity contribution in [3.8, 4) is 0 Å². The lowest BCUT2D eigenvalue weighted by Gasteiger charge is -2.46. The van der Waals surface area contributed by atoms with Crippen molar-refractivity contribution < 1.29 is 71.4 Å². The average molecular weight is 971 g/mol. The van der Waals surface area contributed by atoms with E-state index in [4.69, 9.17) is 42.6 Å². The maximum atomic E-state index is 14.2. The molecule has 0 saturated carbocycles. The van der Waals surface area contributed by atoms with Crippen LogP contribution in [-0.2, 0) is 42.6 Å². The number of rotatable bonds is 16. The molecule has 72 heavy (non-hydrogen) atoms. The van der Waals surface area contributed by atoms with Gasteiger partial charge in [-0.05, 0) is 90.5 Å². The lowest BCUT2D eigenvalue weighted by atomic mass is 9.88. The molecule has 1 aliphatic carbocycles. The lowest BCUT2D eigenvalue weighted by molar-refractivity contribution is -0.337. The van der Waals surface area contributed by atoms with Gasteiger partial charge in [0.05, 0.1) is 45.6 Å². The van der Waals surface area contributed by atoms with Gasteiger partial charge in [-0.1, -0.05) is 109 Å². The summed E-state index contributed by atoms with van der Waals surface area (Å²) in [6, 6.07) is 48.8. The number of esters is 6. The number of hydrogen-bond donors (Lipinski definition) is 0. The molecule has 9 unspecified atom stereocenters. The van der Waals surface area contributed by atoms with Gasteiger partial charge < -0.3 is 42.6 Å². The van der Waals surface area contributed by atoms with E-state index < -0.39 is 97.4 Å². The summed E-state index contributed by atoms with van der Waals surface area (Å²) >= 11 is 0. The summed E-state index contributed by atoms with van der Waals surface area (Å²) in [5, 5.41) is 0. The number of hydrogen-bond acceptors (Lipinski definition) is 15. The molecule has 15 nitrogen and oxygen atoms in total. The van der Waals surface area contributed by atoms with Gasteiger partial charge in [0.15, 0.2) is 18.3 Å². The Hall–Kier alpha value is -8.66. The van der Waals surface area contributed by atoms with E-state index in [-0.39, 0.29) is 28.9 Å². The van der Waals surface area contributed by atoms with Crippen molar-refractivity contribution in [2.24, 2.45) is 11.8 Å². The fourth-order valence-corrected chi connectivity index (χ4v) is 8.48. The van der Waals surface area contributed by atoms with Crippen molar-refractivity contribution in [1.82, 2.24) is 0 Å². The zero-order valence-electron chi connectivity index (χ0n) is 38.3. The lowest BCUT2D eigenvalue weighted by Crippen LogP contribution is -2.64. The molecule has 0 spiro atoms. The van der Waals surface area contributed by atoms with Crippen molar-refractivity contribution in [2.45, 2.75) is 43.1 Å². The summed E-state index contributed by atoms with van der Waals surface area (Å²) in [5.41, 5.74) is 1.54. The molecule has 9 rings (SSSR count).